The summed E-state index contributed by atoms with van der Waals surface area (Å²) < 4.78 is 1.80. The molecular weight excluding hydrogens is 354 g/mol. The predicted octanol–water partition coefficient (Wildman–Crippen LogP) is 2.43. The molecule has 3 heterocycles. The Morgan fingerprint density at radius 2 is 1.96 bits per heavy atom. The summed E-state index contributed by atoms with van der Waals surface area (Å²) >= 11 is 0. The third kappa shape index (κ3) is 3.54. The topological polar surface area (TPSA) is 61.7 Å². The van der Waals surface area contributed by atoms with Gasteiger partial charge >= 0.3 is 6.03 Å². The minimum Gasteiger partial charge on any atom is -0.322 e. The molecule has 3 amide bonds. The molecule has 0 N–H and O–H groups in total. The van der Waals surface area contributed by atoms with Gasteiger partial charge in [0.05, 0.1) is 17.9 Å². The maximum Gasteiger partial charge on any atom is 0.327 e. The molecule has 4 rings (SSSR count). The van der Waals surface area contributed by atoms with Gasteiger partial charge in [-0.1, -0.05) is 25.1 Å². The van der Waals surface area contributed by atoms with Crippen LogP contribution in [0.1, 0.15) is 31.0 Å². The van der Waals surface area contributed by atoms with Gasteiger partial charge < -0.3 is 4.90 Å². The third-order valence-electron chi connectivity index (χ3n) is 5.79. The second kappa shape index (κ2) is 7.75. The van der Waals surface area contributed by atoms with Crippen LogP contribution < -0.4 is 0 Å². The number of carbonyl (C=O) groups is 2. The smallest absolute Gasteiger partial charge is 0.322 e. The molecule has 0 aliphatic carbocycles. The van der Waals surface area contributed by atoms with Gasteiger partial charge in [0.1, 0.15) is 0 Å². The van der Waals surface area contributed by atoms with Crippen LogP contribution in [0.3, 0.4) is 0 Å². The van der Waals surface area contributed by atoms with Crippen LogP contribution in [0.15, 0.2) is 36.5 Å². The summed E-state index contributed by atoms with van der Waals surface area (Å²) in [5.41, 5.74) is 2.73. The Labute approximate surface area is 165 Å². The number of hydrogen-bond acceptors (Lipinski definition) is 4. The lowest BCUT2D eigenvalue weighted by atomic mass is 10.0. The molecule has 1 aromatic carbocycles. The summed E-state index contributed by atoms with van der Waals surface area (Å²) in [5, 5.41) is 4.48. The highest BCUT2D eigenvalue weighted by Gasteiger charge is 2.36. The first-order chi connectivity index (χ1) is 13.6. The van der Waals surface area contributed by atoms with Crippen molar-refractivity contribution in [3.63, 3.8) is 0 Å². The van der Waals surface area contributed by atoms with Crippen molar-refractivity contribution in [3.8, 4) is 5.69 Å². The van der Waals surface area contributed by atoms with Crippen LogP contribution in [0.4, 0.5) is 4.79 Å². The molecule has 2 saturated heterocycles. The fraction of sp³-hybridized carbons (Fsp3) is 0.476. The molecule has 2 aromatic rings. The number of aryl methyl sites for hydroxylation is 1. The van der Waals surface area contributed by atoms with Crippen molar-refractivity contribution in [2.24, 2.45) is 0 Å². The lowest BCUT2D eigenvalue weighted by molar-refractivity contribution is -0.131. The number of likely N-dealkylation sites (N-methyl/N-ethyl adjacent to an activating group) is 1. The van der Waals surface area contributed by atoms with E-state index in [0.717, 1.165) is 36.5 Å². The van der Waals surface area contributed by atoms with Crippen molar-refractivity contribution >= 4 is 11.9 Å². The van der Waals surface area contributed by atoms with Gasteiger partial charge in [-0.3, -0.25) is 14.6 Å². The van der Waals surface area contributed by atoms with E-state index in [-0.39, 0.29) is 18.5 Å². The van der Waals surface area contributed by atoms with Gasteiger partial charge in [0.25, 0.3) is 0 Å². The molecule has 2 aliphatic heterocycles. The first-order valence-corrected chi connectivity index (χ1v) is 10.0. The Morgan fingerprint density at radius 1 is 1.14 bits per heavy atom. The molecule has 2 fully saturated rings. The third-order valence-corrected chi connectivity index (χ3v) is 5.79. The summed E-state index contributed by atoms with van der Waals surface area (Å²) in [6.45, 7) is 7.68. The number of para-hydroxylation sites is 1. The minimum absolute atomic E-state index is 0.103. The van der Waals surface area contributed by atoms with Crippen LogP contribution >= 0.6 is 0 Å². The zero-order valence-corrected chi connectivity index (χ0v) is 16.5. The molecule has 0 bridgehead atoms. The largest absolute Gasteiger partial charge is 0.327 e. The number of amides is 3. The maximum atomic E-state index is 13.1. The number of nitrogens with zero attached hydrogens (tertiary/aromatic N) is 5. The maximum absolute atomic E-state index is 13.1. The van der Waals surface area contributed by atoms with E-state index in [1.807, 2.05) is 48.4 Å². The fourth-order valence-corrected chi connectivity index (χ4v) is 4.02. The van der Waals surface area contributed by atoms with Gasteiger partial charge in [-0.25, -0.2) is 9.48 Å². The molecule has 0 radical (unpaired) electrons. The number of rotatable bonds is 6. The van der Waals surface area contributed by atoms with Gasteiger partial charge in [-0.2, -0.15) is 5.10 Å². The molecule has 7 nitrogen and oxygen atoms in total. The van der Waals surface area contributed by atoms with Crippen molar-refractivity contribution in [2.45, 2.75) is 39.3 Å². The van der Waals surface area contributed by atoms with Gasteiger partial charge in [0.15, 0.2) is 0 Å². The van der Waals surface area contributed by atoms with Crippen LogP contribution in [0.2, 0.25) is 0 Å². The normalized spacial score (nSPS) is 20.6. The number of carbonyl (C=O) groups excluding carboxylic acids is 2. The van der Waals surface area contributed by atoms with E-state index in [2.05, 4.69) is 16.9 Å². The van der Waals surface area contributed by atoms with Crippen LogP contribution in [0.5, 0.6) is 0 Å². The first kappa shape index (κ1) is 18.7. The molecule has 148 valence electrons. The monoisotopic (exact) mass is 381 g/mol. The molecule has 0 saturated carbocycles. The van der Waals surface area contributed by atoms with E-state index in [1.54, 1.807) is 4.68 Å². The average Bonchev–Trinajstić information content (AvgIpc) is 3.10. The highest BCUT2D eigenvalue weighted by Crippen LogP contribution is 2.23. The lowest BCUT2D eigenvalue weighted by Gasteiger charge is -2.44. The van der Waals surface area contributed by atoms with Crippen LogP contribution in [-0.4, -0.2) is 68.6 Å². The van der Waals surface area contributed by atoms with E-state index in [0.29, 0.717) is 25.6 Å². The van der Waals surface area contributed by atoms with Crippen molar-refractivity contribution in [2.75, 3.05) is 26.2 Å². The molecule has 2 aliphatic rings. The van der Waals surface area contributed by atoms with Crippen molar-refractivity contribution in [1.29, 1.82) is 0 Å². The Morgan fingerprint density at radius 3 is 2.64 bits per heavy atom. The molecule has 1 aromatic heterocycles. The molecule has 0 spiro atoms. The zero-order valence-electron chi connectivity index (χ0n) is 16.5. The van der Waals surface area contributed by atoms with Gasteiger partial charge in [-0.05, 0) is 37.6 Å². The number of aromatic nitrogens is 2. The summed E-state index contributed by atoms with van der Waals surface area (Å²) in [4.78, 5) is 31.2. The summed E-state index contributed by atoms with van der Waals surface area (Å²) in [6, 6.07) is 9.97. The summed E-state index contributed by atoms with van der Waals surface area (Å²) in [5.74, 6) is -0.103. The lowest BCUT2D eigenvalue weighted by Crippen LogP contribution is -2.58. The fourth-order valence-electron chi connectivity index (χ4n) is 4.02. The highest BCUT2D eigenvalue weighted by atomic mass is 16.2. The Kier molecular flexibility index (Phi) is 5.17. The van der Waals surface area contributed by atoms with E-state index in [9.17, 15) is 9.59 Å². The number of imide groups is 1. The standard InChI is InChI=1S/C21H27N5O2/c1-3-23-11-9-18(23)15-24-12-10-20(27)25(21(24)28)14-17-6-4-5-7-19(17)26-13-8-16(2)22-26/h4-8,13,18H,3,9-12,14-15H2,1-2H3. The predicted molar refractivity (Wildman–Crippen MR) is 106 cm³/mol. The van der Waals surface area contributed by atoms with Crippen LogP contribution in [0, 0.1) is 6.92 Å². The van der Waals surface area contributed by atoms with Gasteiger partial charge in [-0.15, -0.1) is 0 Å². The van der Waals surface area contributed by atoms with Crippen molar-refractivity contribution < 1.29 is 9.59 Å². The van der Waals surface area contributed by atoms with Crippen LogP contribution in [-0.2, 0) is 11.3 Å². The van der Waals surface area contributed by atoms with Gasteiger partial charge in [0, 0.05) is 38.3 Å². The van der Waals surface area contributed by atoms with E-state index in [1.165, 1.54) is 4.90 Å². The first-order valence-electron chi connectivity index (χ1n) is 10.0. The van der Waals surface area contributed by atoms with Crippen molar-refractivity contribution in [3.05, 3.63) is 47.8 Å². The number of benzene rings is 1. The average molecular weight is 381 g/mol. The van der Waals surface area contributed by atoms with E-state index in [4.69, 9.17) is 0 Å². The van der Waals surface area contributed by atoms with E-state index >= 15 is 0 Å². The Hall–Kier alpha value is -2.67. The number of hydrogen-bond donors (Lipinski definition) is 0. The highest BCUT2D eigenvalue weighted by molar-refractivity contribution is 5.96. The van der Waals surface area contributed by atoms with E-state index < -0.39 is 0 Å². The number of likely N-dealkylation sites (tertiary alicyclic amines) is 1. The van der Waals surface area contributed by atoms with Crippen molar-refractivity contribution in [1.82, 2.24) is 24.5 Å². The Balaban J connectivity index is 1.52. The molecule has 1 atom stereocenters. The molecular formula is C21H27N5O2. The SMILES string of the molecule is CCN1CCC1CN1CCC(=O)N(Cc2ccccc2-n2ccc(C)n2)C1=O. The van der Waals surface area contributed by atoms with Crippen LogP contribution in [0.25, 0.3) is 5.69 Å². The summed E-state index contributed by atoms with van der Waals surface area (Å²) in [6.07, 6.45) is 3.40. The molecule has 1 unspecified atom stereocenters. The Bertz CT molecular complexity index is 875. The zero-order chi connectivity index (χ0) is 19.7. The minimum atomic E-state index is -0.175. The molecule has 28 heavy (non-hydrogen) atoms. The second-order valence-electron chi connectivity index (χ2n) is 7.56. The molecule has 7 heteroatoms. The quantitative estimate of drug-likeness (QED) is 0.771. The second-order valence-corrected chi connectivity index (χ2v) is 7.56. The summed E-state index contributed by atoms with van der Waals surface area (Å²) in [7, 11) is 0. The number of urea groups is 1. The van der Waals surface area contributed by atoms with Gasteiger partial charge in [0.2, 0.25) is 5.91 Å².